The fourth-order valence-corrected chi connectivity index (χ4v) is 4.04. The molecule has 2 amide bonds. The Morgan fingerprint density at radius 3 is 2.88 bits per heavy atom. The van der Waals surface area contributed by atoms with Gasteiger partial charge in [-0.25, -0.2) is 0 Å². The molecule has 1 N–H and O–H groups in total. The van der Waals surface area contributed by atoms with Crippen LogP contribution < -0.4 is 5.32 Å². The van der Waals surface area contributed by atoms with E-state index >= 15 is 0 Å². The Hall–Kier alpha value is -2.73. The molecule has 3 heterocycles. The number of carbonyl (C=O) groups excluding carboxylic acids is 2. The van der Waals surface area contributed by atoms with Crippen molar-refractivity contribution in [2.45, 2.75) is 19.5 Å². The maximum Gasteiger partial charge on any atom is 0.225 e. The van der Waals surface area contributed by atoms with Gasteiger partial charge < -0.3 is 10.2 Å². The lowest BCUT2D eigenvalue weighted by atomic mass is 10.1. The Morgan fingerprint density at radius 2 is 2.04 bits per heavy atom. The molecule has 26 heavy (non-hydrogen) atoms. The Balaban J connectivity index is 1.34. The van der Waals surface area contributed by atoms with Crippen LogP contribution in [-0.4, -0.2) is 28.2 Å². The van der Waals surface area contributed by atoms with Crippen molar-refractivity contribution in [1.82, 2.24) is 15.2 Å². The molecular formula is C20H19N3O2S. The fourth-order valence-electron chi connectivity index (χ4n) is 3.27. The summed E-state index contributed by atoms with van der Waals surface area (Å²) in [6, 6.07) is 12.1. The number of aromatic nitrogens is 1. The van der Waals surface area contributed by atoms with Crippen LogP contribution in [0.4, 0.5) is 0 Å². The zero-order chi connectivity index (χ0) is 17.9. The zero-order valence-electron chi connectivity index (χ0n) is 14.2. The highest BCUT2D eigenvalue weighted by Crippen LogP contribution is 2.23. The van der Waals surface area contributed by atoms with Gasteiger partial charge in [0.15, 0.2) is 0 Å². The Morgan fingerprint density at radius 1 is 1.19 bits per heavy atom. The molecule has 1 atom stereocenters. The third-order valence-corrected chi connectivity index (χ3v) is 5.59. The number of hydrogen-bond acceptors (Lipinski definition) is 4. The average Bonchev–Trinajstić information content (AvgIpc) is 3.27. The molecule has 3 aromatic rings. The second-order valence-corrected chi connectivity index (χ2v) is 7.49. The molecule has 1 aliphatic heterocycles. The topological polar surface area (TPSA) is 62.3 Å². The van der Waals surface area contributed by atoms with Crippen molar-refractivity contribution in [3.63, 3.8) is 0 Å². The van der Waals surface area contributed by atoms with Gasteiger partial charge in [-0.05, 0) is 52.2 Å². The molecule has 1 saturated heterocycles. The summed E-state index contributed by atoms with van der Waals surface area (Å²) >= 11 is 1.71. The predicted octanol–water partition coefficient (Wildman–Crippen LogP) is 2.96. The van der Waals surface area contributed by atoms with Crippen LogP contribution in [0.1, 0.15) is 17.5 Å². The van der Waals surface area contributed by atoms with Gasteiger partial charge in [0.1, 0.15) is 0 Å². The molecule has 1 aliphatic rings. The third-order valence-electron chi connectivity index (χ3n) is 4.69. The highest BCUT2D eigenvalue weighted by atomic mass is 32.1. The number of thiophene rings is 1. The van der Waals surface area contributed by atoms with E-state index in [1.54, 1.807) is 28.6 Å². The van der Waals surface area contributed by atoms with Crippen LogP contribution in [-0.2, 0) is 22.7 Å². The molecule has 0 saturated carbocycles. The molecule has 1 fully saturated rings. The molecule has 4 rings (SSSR count). The largest absolute Gasteiger partial charge is 0.352 e. The second-order valence-electron chi connectivity index (χ2n) is 6.54. The fraction of sp³-hybridized carbons (Fsp3) is 0.250. The smallest absolute Gasteiger partial charge is 0.225 e. The van der Waals surface area contributed by atoms with Gasteiger partial charge in [0.2, 0.25) is 11.8 Å². The SMILES string of the molecule is O=C(NCc1ccc2sccc2c1)[C@H]1CC(=O)N(Cc2ccncc2)C1. The van der Waals surface area contributed by atoms with Crippen LogP contribution >= 0.6 is 11.3 Å². The zero-order valence-corrected chi connectivity index (χ0v) is 15.0. The minimum absolute atomic E-state index is 0.0293. The van der Waals surface area contributed by atoms with Crippen LogP contribution in [0, 0.1) is 5.92 Å². The van der Waals surface area contributed by atoms with E-state index in [2.05, 4.69) is 33.9 Å². The molecule has 0 aliphatic carbocycles. The molecule has 1 aromatic carbocycles. The molecule has 5 nitrogen and oxygen atoms in total. The number of pyridine rings is 1. The first kappa shape index (κ1) is 16.7. The highest BCUT2D eigenvalue weighted by Gasteiger charge is 2.34. The highest BCUT2D eigenvalue weighted by molar-refractivity contribution is 7.17. The van der Waals surface area contributed by atoms with Gasteiger partial charge in [-0.3, -0.25) is 14.6 Å². The summed E-state index contributed by atoms with van der Waals surface area (Å²) in [6.45, 7) is 1.48. The number of rotatable bonds is 5. The number of carbonyl (C=O) groups is 2. The first-order valence-electron chi connectivity index (χ1n) is 8.59. The van der Waals surface area contributed by atoms with Crippen molar-refractivity contribution >= 4 is 33.2 Å². The monoisotopic (exact) mass is 365 g/mol. The first-order chi connectivity index (χ1) is 12.7. The molecule has 0 spiro atoms. The lowest BCUT2D eigenvalue weighted by Gasteiger charge is -2.16. The summed E-state index contributed by atoms with van der Waals surface area (Å²) in [7, 11) is 0. The van der Waals surface area contributed by atoms with E-state index in [4.69, 9.17) is 0 Å². The minimum Gasteiger partial charge on any atom is -0.352 e. The number of amides is 2. The van der Waals surface area contributed by atoms with Gasteiger partial charge in [0.25, 0.3) is 0 Å². The average molecular weight is 365 g/mol. The number of likely N-dealkylation sites (tertiary alicyclic amines) is 1. The van der Waals surface area contributed by atoms with E-state index in [1.807, 2.05) is 18.2 Å². The van der Waals surface area contributed by atoms with Gasteiger partial charge in [-0.2, -0.15) is 0 Å². The summed E-state index contributed by atoms with van der Waals surface area (Å²) < 4.78 is 1.24. The molecule has 0 unspecified atom stereocenters. The molecule has 132 valence electrons. The van der Waals surface area contributed by atoms with Crippen molar-refractivity contribution in [2.75, 3.05) is 6.54 Å². The van der Waals surface area contributed by atoms with E-state index in [-0.39, 0.29) is 24.2 Å². The maximum atomic E-state index is 12.5. The van der Waals surface area contributed by atoms with E-state index in [1.165, 1.54) is 10.1 Å². The first-order valence-corrected chi connectivity index (χ1v) is 9.47. The number of benzene rings is 1. The Kier molecular flexibility index (Phi) is 4.67. The lowest BCUT2D eigenvalue weighted by molar-refractivity contribution is -0.129. The number of nitrogens with one attached hydrogen (secondary N) is 1. The summed E-state index contributed by atoms with van der Waals surface area (Å²) in [5.74, 6) is -0.308. The van der Waals surface area contributed by atoms with Crippen LogP contribution in [0.5, 0.6) is 0 Å². The van der Waals surface area contributed by atoms with Crippen molar-refractivity contribution in [3.8, 4) is 0 Å². The second kappa shape index (κ2) is 7.25. The van der Waals surface area contributed by atoms with Crippen LogP contribution in [0.2, 0.25) is 0 Å². The Bertz CT molecular complexity index is 938. The summed E-state index contributed by atoms with van der Waals surface area (Å²) in [6.07, 6.45) is 3.70. The van der Waals surface area contributed by atoms with Crippen LogP contribution in [0.15, 0.2) is 54.2 Å². The molecular weight excluding hydrogens is 346 g/mol. The summed E-state index contributed by atoms with van der Waals surface area (Å²) in [5.41, 5.74) is 2.10. The number of fused-ring (bicyclic) bond motifs is 1. The third kappa shape index (κ3) is 3.60. The van der Waals surface area contributed by atoms with E-state index in [0.29, 0.717) is 19.6 Å². The molecule has 2 aromatic heterocycles. The quantitative estimate of drug-likeness (QED) is 0.756. The van der Waals surface area contributed by atoms with Crippen LogP contribution in [0.25, 0.3) is 10.1 Å². The summed E-state index contributed by atoms with van der Waals surface area (Å²) in [5, 5.41) is 6.24. The summed E-state index contributed by atoms with van der Waals surface area (Å²) in [4.78, 5) is 30.4. The van der Waals surface area contributed by atoms with Gasteiger partial charge in [0.05, 0.1) is 5.92 Å². The van der Waals surface area contributed by atoms with E-state index in [0.717, 1.165) is 11.1 Å². The number of nitrogens with zero attached hydrogens (tertiary/aromatic N) is 2. The number of hydrogen-bond donors (Lipinski definition) is 1. The van der Waals surface area contributed by atoms with E-state index < -0.39 is 0 Å². The standard InChI is InChI=1S/C20H19N3O2S/c24-19-10-17(13-23(19)12-14-3-6-21-7-4-14)20(25)22-11-15-1-2-18-16(9-15)5-8-26-18/h1-9,17H,10-13H2,(H,22,25)/t17-/m0/s1. The van der Waals surface area contributed by atoms with Crippen LogP contribution in [0.3, 0.4) is 0 Å². The molecule has 0 bridgehead atoms. The van der Waals surface area contributed by atoms with Crippen molar-refractivity contribution in [1.29, 1.82) is 0 Å². The lowest BCUT2D eigenvalue weighted by Crippen LogP contribution is -2.32. The normalized spacial score (nSPS) is 17.0. The van der Waals surface area contributed by atoms with Crippen molar-refractivity contribution in [2.24, 2.45) is 5.92 Å². The van der Waals surface area contributed by atoms with Gasteiger partial charge >= 0.3 is 0 Å². The van der Waals surface area contributed by atoms with Crippen molar-refractivity contribution < 1.29 is 9.59 Å². The van der Waals surface area contributed by atoms with Gasteiger partial charge in [-0.1, -0.05) is 6.07 Å². The van der Waals surface area contributed by atoms with Crippen molar-refractivity contribution in [3.05, 3.63) is 65.3 Å². The molecule has 6 heteroatoms. The minimum atomic E-state index is -0.283. The Labute approximate surface area is 155 Å². The van der Waals surface area contributed by atoms with E-state index in [9.17, 15) is 9.59 Å². The molecule has 0 radical (unpaired) electrons. The van der Waals surface area contributed by atoms with Gasteiger partial charge in [-0.15, -0.1) is 11.3 Å². The maximum absolute atomic E-state index is 12.5. The predicted molar refractivity (Wildman–Crippen MR) is 101 cm³/mol. The van der Waals surface area contributed by atoms with Gasteiger partial charge in [0, 0.05) is 43.1 Å².